The molecule has 0 N–H and O–H groups in total. The van der Waals surface area contributed by atoms with Gasteiger partial charge in [-0.3, -0.25) is 4.57 Å². The van der Waals surface area contributed by atoms with E-state index in [0.29, 0.717) is 40.4 Å². The first-order chi connectivity index (χ1) is 17.3. The molecule has 0 bridgehead atoms. The van der Waals surface area contributed by atoms with Crippen LogP contribution in [0.3, 0.4) is 0 Å². The second-order valence-corrected chi connectivity index (χ2v) is 8.85. The zero-order chi connectivity index (χ0) is 25.0. The quantitative estimate of drug-likeness (QED) is 0.343. The smallest absolute Gasteiger partial charge is 0.416 e. The van der Waals surface area contributed by atoms with Crippen LogP contribution in [0.1, 0.15) is 34.4 Å². The van der Waals surface area contributed by atoms with Gasteiger partial charge in [0, 0.05) is 17.7 Å². The third-order valence-electron chi connectivity index (χ3n) is 6.21. The average Bonchev–Trinajstić information content (AvgIpc) is 3.57. The highest BCUT2D eigenvalue weighted by atomic mass is 35.5. The number of aliphatic imine (C=N–C) groups is 1. The third kappa shape index (κ3) is 3.75. The van der Waals surface area contributed by atoms with Crippen molar-refractivity contribution in [3.63, 3.8) is 0 Å². The molecule has 12 heteroatoms. The molecule has 4 aromatic rings. The lowest BCUT2D eigenvalue weighted by molar-refractivity contribution is -0.137. The summed E-state index contributed by atoms with van der Waals surface area (Å²) in [6, 6.07) is 10.0. The van der Waals surface area contributed by atoms with Gasteiger partial charge in [0.1, 0.15) is 31.3 Å². The summed E-state index contributed by atoms with van der Waals surface area (Å²) in [5, 5.41) is 9.23. The number of fused-ring (bicyclic) bond motifs is 5. The van der Waals surface area contributed by atoms with Crippen LogP contribution in [-0.2, 0) is 28.8 Å². The van der Waals surface area contributed by atoms with Crippen LogP contribution in [0.2, 0.25) is 5.02 Å². The van der Waals surface area contributed by atoms with Crippen molar-refractivity contribution in [2.45, 2.75) is 25.4 Å². The molecule has 6 rings (SSSR count). The number of benzene rings is 2. The molecule has 2 aliphatic rings. The van der Waals surface area contributed by atoms with Crippen LogP contribution in [0.25, 0.3) is 17.1 Å². The van der Waals surface area contributed by atoms with Gasteiger partial charge in [-0.15, -0.1) is 10.2 Å². The summed E-state index contributed by atoms with van der Waals surface area (Å²) in [6.45, 7) is 0.835. The van der Waals surface area contributed by atoms with Crippen molar-refractivity contribution in [2.75, 3.05) is 13.7 Å². The van der Waals surface area contributed by atoms with Crippen molar-refractivity contribution in [3.05, 3.63) is 82.2 Å². The number of rotatable bonds is 4. The van der Waals surface area contributed by atoms with E-state index in [4.69, 9.17) is 21.1 Å². The fourth-order valence-corrected chi connectivity index (χ4v) is 4.64. The highest BCUT2D eigenvalue weighted by molar-refractivity contribution is 6.31. The molecule has 0 saturated carbocycles. The molecule has 0 amide bonds. The molecule has 0 saturated heterocycles. The fraction of sp³-hybridized carbons (Fsp3) is 0.250. The number of methoxy groups -OCH3 is 1. The predicted octanol–water partition coefficient (Wildman–Crippen LogP) is 4.83. The van der Waals surface area contributed by atoms with Gasteiger partial charge < -0.3 is 14.0 Å². The van der Waals surface area contributed by atoms with Crippen molar-refractivity contribution in [3.8, 4) is 17.1 Å². The number of ether oxygens (including phenoxy) is 2. The zero-order valence-corrected chi connectivity index (χ0v) is 19.6. The first-order valence-corrected chi connectivity index (χ1v) is 11.4. The minimum absolute atomic E-state index is 0.200. The minimum Gasteiger partial charge on any atom is -0.474 e. The highest BCUT2D eigenvalue weighted by Crippen LogP contribution is 2.36. The Labute approximate surface area is 208 Å². The van der Waals surface area contributed by atoms with Crippen LogP contribution in [0, 0.1) is 0 Å². The van der Waals surface area contributed by atoms with Crippen LogP contribution < -0.4 is 0 Å². The number of alkyl halides is 3. The molecule has 1 unspecified atom stereocenters. The van der Waals surface area contributed by atoms with Gasteiger partial charge in [0.05, 0.1) is 23.5 Å². The topological polar surface area (TPSA) is 79.3 Å². The molecular formula is C24H18ClF3N6O2. The summed E-state index contributed by atoms with van der Waals surface area (Å²) in [5.74, 6) is 1.61. The molecule has 0 aliphatic carbocycles. The third-order valence-corrected chi connectivity index (χ3v) is 6.45. The predicted molar refractivity (Wildman–Crippen MR) is 124 cm³/mol. The normalized spacial score (nSPS) is 16.6. The van der Waals surface area contributed by atoms with E-state index in [1.165, 1.54) is 12.1 Å². The minimum atomic E-state index is -4.39. The largest absolute Gasteiger partial charge is 0.474 e. The summed E-state index contributed by atoms with van der Waals surface area (Å²) >= 11 is 6.30. The number of nitrogens with zero attached hydrogens (tertiary/aromatic N) is 6. The summed E-state index contributed by atoms with van der Waals surface area (Å²) in [5.41, 5.74) is 2.87. The maximum Gasteiger partial charge on any atom is 0.416 e. The maximum atomic E-state index is 12.9. The molecule has 2 aliphatic heterocycles. The van der Waals surface area contributed by atoms with Crippen LogP contribution in [0.15, 0.2) is 53.8 Å². The Hall–Kier alpha value is -3.70. The molecule has 2 aromatic carbocycles. The maximum absolute atomic E-state index is 12.9. The summed E-state index contributed by atoms with van der Waals surface area (Å²) in [4.78, 5) is 9.25. The zero-order valence-electron chi connectivity index (χ0n) is 18.8. The van der Waals surface area contributed by atoms with E-state index in [2.05, 4.69) is 20.2 Å². The van der Waals surface area contributed by atoms with Gasteiger partial charge in [0.2, 0.25) is 5.90 Å². The number of hydrogen-bond donors (Lipinski definition) is 0. The second kappa shape index (κ2) is 8.45. The lowest BCUT2D eigenvalue weighted by Crippen LogP contribution is -2.13. The van der Waals surface area contributed by atoms with Gasteiger partial charge in [-0.2, -0.15) is 13.2 Å². The van der Waals surface area contributed by atoms with Gasteiger partial charge >= 0.3 is 6.18 Å². The molecule has 0 radical (unpaired) electrons. The van der Waals surface area contributed by atoms with Gasteiger partial charge in [-0.25, -0.2) is 9.98 Å². The molecule has 1 atom stereocenters. The monoisotopic (exact) mass is 514 g/mol. The fourth-order valence-electron chi connectivity index (χ4n) is 4.46. The van der Waals surface area contributed by atoms with E-state index >= 15 is 0 Å². The van der Waals surface area contributed by atoms with E-state index in [-0.39, 0.29) is 13.2 Å². The molecule has 0 spiro atoms. The van der Waals surface area contributed by atoms with Crippen molar-refractivity contribution >= 4 is 17.5 Å². The van der Waals surface area contributed by atoms with Gasteiger partial charge in [0.25, 0.3) is 0 Å². The Bertz CT molecular complexity index is 1490. The second-order valence-electron chi connectivity index (χ2n) is 8.41. The first kappa shape index (κ1) is 22.7. The average molecular weight is 515 g/mol. The van der Waals surface area contributed by atoms with Crippen molar-refractivity contribution in [2.24, 2.45) is 4.99 Å². The SMILES string of the molecule is COCc1nnc2n1Cc1c(C3=NC(c4ccc(C(F)(F)F)cc4)CO3)ncn1-c1ccc(Cl)cc1-2. The van der Waals surface area contributed by atoms with Crippen LogP contribution in [-0.4, -0.2) is 43.9 Å². The lowest BCUT2D eigenvalue weighted by atomic mass is 10.1. The van der Waals surface area contributed by atoms with Crippen LogP contribution in [0.4, 0.5) is 13.2 Å². The standard InChI is InChI=1S/C24H18ClF3N6O2/c1-35-11-20-31-32-22-16-8-15(25)6-7-18(16)34-12-29-21(19(34)9-33(20)22)23-30-17(10-36-23)13-2-4-14(5-3-13)24(26,27)28/h2-8,12,17H,9-11H2,1H3. The number of imidazole rings is 1. The van der Waals surface area contributed by atoms with Gasteiger partial charge in [0.15, 0.2) is 11.6 Å². The summed E-state index contributed by atoms with van der Waals surface area (Å²) < 4.78 is 53.9. The number of hydrogen-bond acceptors (Lipinski definition) is 6. The van der Waals surface area contributed by atoms with E-state index in [9.17, 15) is 13.2 Å². The highest BCUT2D eigenvalue weighted by Gasteiger charge is 2.33. The van der Waals surface area contributed by atoms with E-state index in [1.807, 2.05) is 21.3 Å². The van der Waals surface area contributed by atoms with E-state index < -0.39 is 17.8 Å². The van der Waals surface area contributed by atoms with Gasteiger partial charge in [-0.1, -0.05) is 23.7 Å². The molecule has 2 aromatic heterocycles. The number of halogens is 4. The van der Waals surface area contributed by atoms with E-state index in [0.717, 1.165) is 29.1 Å². The first-order valence-electron chi connectivity index (χ1n) is 11.0. The Balaban J connectivity index is 1.41. The van der Waals surface area contributed by atoms with Crippen molar-refractivity contribution in [1.29, 1.82) is 0 Å². The Kier molecular flexibility index (Phi) is 5.34. The Morgan fingerprint density at radius 2 is 1.94 bits per heavy atom. The van der Waals surface area contributed by atoms with Crippen LogP contribution >= 0.6 is 11.6 Å². The van der Waals surface area contributed by atoms with E-state index in [1.54, 1.807) is 19.5 Å². The molecular weight excluding hydrogens is 497 g/mol. The number of aromatic nitrogens is 5. The van der Waals surface area contributed by atoms with Gasteiger partial charge in [-0.05, 0) is 35.9 Å². The summed E-state index contributed by atoms with van der Waals surface area (Å²) in [6.07, 6.45) is -2.71. The molecule has 184 valence electrons. The molecule has 0 fully saturated rings. The molecule has 36 heavy (non-hydrogen) atoms. The summed E-state index contributed by atoms with van der Waals surface area (Å²) in [7, 11) is 1.58. The lowest BCUT2D eigenvalue weighted by Gasteiger charge is -2.09. The molecule has 8 nitrogen and oxygen atoms in total. The Morgan fingerprint density at radius 1 is 1.14 bits per heavy atom. The van der Waals surface area contributed by atoms with Crippen molar-refractivity contribution in [1.82, 2.24) is 24.3 Å². The van der Waals surface area contributed by atoms with Crippen LogP contribution in [0.5, 0.6) is 0 Å². The molecule has 4 heterocycles. The van der Waals surface area contributed by atoms with Crippen molar-refractivity contribution < 1.29 is 22.6 Å². The Morgan fingerprint density at radius 3 is 2.69 bits per heavy atom.